The molecule has 0 fully saturated rings. The molecule has 1 atom stereocenters. The van der Waals surface area contributed by atoms with E-state index in [1.54, 1.807) is 24.0 Å². The predicted octanol–water partition coefficient (Wildman–Crippen LogP) is -0.0658. The van der Waals surface area contributed by atoms with Gasteiger partial charge in [0, 0.05) is 12.2 Å². The lowest BCUT2D eigenvalue weighted by Gasteiger charge is -2.09. The van der Waals surface area contributed by atoms with Gasteiger partial charge in [0.2, 0.25) is 0 Å². The molecule has 1 unspecified atom stereocenters. The van der Waals surface area contributed by atoms with Gasteiger partial charge >= 0.3 is 6.09 Å². The highest BCUT2D eigenvalue weighted by Gasteiger charge is 2.05. The van der Waals surface area contributed by atoms with E-state index in [2.05, 4.69) is 15.6 Å². The summed E-state index contributed by atoms with van der Waals surface area (Å²) in [6.45, 7) is 2.25. The number of nitrogens with one attached hydrogen (secondary N) is 1. The van der Waals surface area contributed by atoms with E-state index in [1.165, 1.54) is 0 Å². The fraction of sp³-hybridized carbons (Fsp3) is 0.500. The highest BCUT2D eigenvalue weighted by Crippen LogP contribution is 1.87. The highest BCUT2D eigenvalue weighted by atomic mass is 16.4. The van der Waals surface area contributed by atoms with E-state index >= 15 is 0 Å². The summed E-state index contributed by atoms with van der Waals surface area (Å²) in [7, 11) is 0. The van der Waals surface area contributed by atoms with Gasteiger partial charge in [-0.05, 0) is 6.92 Å². The summed E-state index contributed by atoms with van der Waals surface area (Å²) in [5.74, 6) is 0. The lowest BCUT2D eigenvalue weighted by Crippen LogP contribution is -2.34. The number of hydrogen-bond donors (Lipinski definition) is 2. The molecular formula is C6H10N4O2. The monoisotopic (exact) mass is 170 g/mol. The Morgan fingerprint density at radius 1 is 1.83 bits per heavy atom. The smallest absolute Gasteiger partial charge is 0.404 e. The van der Waals surface area contributed by atoms with Gasteiger partial charge in [0.1, 0.15) is 0 Å². The van der Waals surface area contributed by atoms with Crippen LogP contribution in [0.25, 0.3) is 0 Å². The van der Waals surface area contributed by atoms with Crippen LogP contribution in [0.15, 0.2) is 12.4 Å². The standard InChI is InChI=1S/C6H10N4O2/c1-5(8-6(11)12)4-10-3-2-7-9-10/h2-3,5,8H,4H2,1H3,(H,11,12). The third-order valence-corrected chi connectivity index (χ3v) is 1.30. The van der Waals surface area contributed by atoms with E-state index in [-0.39, 0.29) is 6.04 Å². The van der Waals surface area contributed by atoms with Crippen molar-refractivity contribution >= 4 is 6.09 Å². The van der Waals surface area contributed by atoms with E-state index < -0.39 is 6.09 Å². The first-order valence-corrected chi connectivity index (χ1v) is 3.52. The van der Waals surface area contributed by atoms with Crippen molar-refractivity contribution in [3.8, 4) is 0 Å². The fourth-order valence-corrected chi connectivity index (χ4v) is 0.867. The number of aromatic nitrogens is 3. The van der Waals surface area contributed by atoms with Gasteiger partial charge in [-0.2, -0.15) is 0 Å². The predicted molar refractivity (Wildman–Crippen MR) is 40.6 cm³/mol. The summed E-state index contributed by atoms with van der Waals surface area (Å²) in [4.78, 5) is 10.2. The Labute approximate surface area is 69.2 Å². The van der Waals surface area contributed by atoms with Crippen LogP contribution in [0.1, 0.15) is 6.92 Å². The summed E-state index contributed by atoms with van der Waals surface area (Å²) >= 11 is 0. The van der Waals surface area contributed by atoms with Crippen LogP contribution in [0.2, 0.25) is 0 Å². The fourth-order valence-electron chi connectivity index (χ4n) is 0.867. The second-order valence-corrected chi connectivity index (χ2v) is 2.48. The van der Waals surface area contributed by atoms with Crippen LogP contribution in [0.3, 0.4) is 0 Å². The average Bonchev–Trinajstić information content (AvgIpc) is 2.37. The molecular weight excluding hydrogens is 160 g/mol. The molecule has 0 aliphatic heterocycles. The van der Waals surface area contributed by atoms with Crippen molar-refractivity contribution in [3.63, 3.8) is 0 Å². The second-order valence-electron chi connectivity index (χ2n) is 2.48. The SMILES string of the molecule is CC(Cn1ccnn1)NC(=O)O. The first kappa shape index (κ1) is 8.51. The summed E-state index contributed by atoms with van der Waals surface area (Å²) in [6, 6.07) is -0.163. The van der Waals surface area contributed by atoms with Crippen molar-refractivity contribution in [2.45, 2.75) is 19.5 Å². The Kier molecular flexibility index (Phi) is 2.62. The van der Waals surface area contributed by atoms with Crippen LogP contribution >= 0.6 is 0 Å². The zero-order valence-corrected chi connectivity index (χ0v) is 6.64. The first-order valence-electron chi connectivity index (χ1n) is 3.52. The minimum absolute atomic E-state index is 0.163. The summed E-state index contributed by atoms with van der Waals surface area (Å²) in [5, 5.41) is 18.0. The molecule has 1 aromatic rings. The largest absolute Gasteiger partial charge is 0.465 e. The summed E-state index contributed by atoms with van der Waals surface area (Å²) < 4.78 is 1.57. The Bertz CT molecular complexity index is 246. The molecule has 0 aliphatic carbocycles. The number of carboxylic acid groups (broad SMARTS) is 1. The van der Waals surface area contributed by atoms with Gasteiger partial charge in [0.25, 0.3) is 0 Å². The molecule has 0 spiro atoms. The number of carbonyl (C=O) groups is 1. The number of rotatable bonds is 3. The topological polar surface area (TPSA) is 80.0 Å². The minimum atomic E-state index is -1.03. The molecule has 0 aliphatic rings. The van der Waals surface area contributed by atoms with Gasteiger partial charge in [0.15, 0.2) is 0 Å². The van der Waals surface area contributed by atoms with Gasteiger partial charge in [0.05, 0.1) is 12.7 Å². The maximum Gasteiger partial charge on any atom is 0.404 e. The molecule has 6 heteroatoms. The molecule has 66 valence electrons. The quantitative estimate of drug-likeness (QED) is 0.665. The molecule has 1 rings (SSSR count). The maximum absolute atomic E-state index is 10.2. The Morgan fingerprint density at radius 2 is 2.58 bits per heavy atom. The van der Waals surface area contributed by atoms with Crippen molar-refractivity contribution in [1.82, 2.24) is 20.3 Å². The molecule has 1 heterocycles. The molecule has 0 saturated carbocycles. The summed E-state index contributed by atoms with van der Waals surface area (Å²) in [5.41, 5.74) is 0. The second kappa shape index (κ2) is 3.70. The van der Waals surface area contributed by atoms with Gasteiger partial charge in [-0.15, -0.1) is 5.10 Å². The lowest BCUT2D eigenvalue weighted by atomic mass is 10.3. The van der Waals surface area contributed by atoms with Crippen molar-refractivity contribution in [2.75, 3.05) is 0 Å². The molecule has 2 N–H and O–H groups in total. The van der Waals surface area contributed by atoms with E-state index in [0.717, 1.165) is 0 Å². The average molecular weight is 170 g/mol. The third kappa shape index (κ3) is 2.57. The van der Waals surface area contributed by atoms with Gasteiger partial charge < -0.3 is 10.4 Å². The molecule has 0 aromatic carbocycles. The molecule has 1 aromatic heterocycles. The van der Waals surface area contributed by atoms with E-state index in [9.17, 15) is 4.79 Å². The van der Waals surface area contributed by atoms with Crippen LogP contribution in [0.4, 0.5) is 4.79 Å². The van der Waals surface area contributed by atoms with Crippen LogP contribution in [-0.2, 0) is 6.54 Å². The zero-order valence-electron chi connectivity index (χ0n) is 6.64. The van der Waals surface area contributed by atoms with Crippen molar-refractivity contribution in [1.29, 1.82) is 0 Å². The van der Waals surface area contributed by atoms with Gasteiger partial charge in [-0.1, -0.05) is 5.21 Å². The zero-order chi connectivity index (χ0) is 8.97. The van der Waals surface area contributed by atoms with Crippen molar-refractivity contribution in [2.24, 2.45) is 0 Å². The molecule has 1 amide bonds. The number of hydrogen-bond acceptors (Lipinski definition) is 3. The van der Waals surface area contributed by atoms with Crippen molar-refractivity contribution in [3.05, 3.63) is 12.4 Å². The highest BCUT2D eigenvalue weighted by molar-refractivity contribution is 5.64. The Hall–Kier alpha value is -1.59. The van der Waals surface area contributed by atoms with Gasteiger partial charge in [-0.25, -0.2) is 4.79 Å². The normalized spacial score (nSPS) is 12.4. The van der Waals surface area contributed by atoms with Gasteiger partial charge in [-0.3, -0.25) is 4.68 Å². The number of amides is 1. The summed E-state index contributed by atoms with van der Waals surface area (Å²) in [6.07, 6.45) is 2.20. The van der Waals surface area contributed by atoms with Crippen LogP contribution in [-0.4, -0.2) is 32.2 Å². The lowest BCUT2D eigenvalue weighted by molar-refractivity contribution is 0.189. The van der Waals surface area contributed by atoms with Crippen molar-refractivity contribution < 1.29 is 9.90 Å². The molecule has 0 saturated heterocycles. The molecule has 12 heavy (non-hydrogen) atoms. The third-order valence-electron chi connectivity index (χ3n) is 1.30. The minimum Gasteiger partial charge on any atom is -0.465 e. The molecule has 0 radical (unpaired) electrons. The molecule has 0 bridgehead atoms. The van der Waals surface area contributed by atoms with Crippen LogP contribution in [0, 0.1) is 0 Å². The van der Waals surface area contributed by atoms with Crippen LogP contribution in [0.5, 0.6) is 0 Å². The van der Waals surface area contributed by atoms with Crippen LogP contribution < -0.4 is 5.32 Å². The Morgan fingerprint density at radius 3 is 3.08 bits per heavy atom. The van der Waals surface area contributed by atoms with E-state index in [4.69, 9.17) is 5.11 Å². The van der Waals surface area contributed by atoms with E-state index in [1.807, 2.05) is 0 Å². The first-order chi connectivity index (χ1) is 5.68. The maximum atomic E-state index is 10.2. The Balaban J connectivity index is 2.36. The van der Waals surface area contributed by atoms with E-state index in [0.29, 0.717) is 6.54 Å². The molecule has 6 nitrogen and oxygen atoms in total. The number of nitrogens with zero attached hydrogens (tertiary/aromatic N) is 3.